The summed E-state index contributed by atoms with van der Waals surface area (Å²) in [5.74, 6) is 0.659. The van der Waals surface area contributed by atoms with Gasteiger partial charge in [0.05, 0.1) is 0 Å². The highest BCUT2D eigenvalue weighted by atomic mass is 16.2. The molecular formula is C14H22N4O. The third-order valence-electron chi connectivity index (χ3n) is 3.29. The van der Waals surface area contributed by atoms with Crippen molar-refractivity contribution in [3.8, 4) is 0 Å². The van der Waals surface area contributed by atoms with Crippen LogP contribution in [0.5, 0.6) is 0 Å². The molecule has 0 radical (unpaired) electrons. The predicted molar refractivity (Wildman–Crippen MR) is 76.3 cm³/mol. The minimum atomic E-state index is 0.120. The molecule has 2 rings (SSSR count). The van der Waals surface area contributed by atoms with Crippen LogP contribution < -0.4 is 5.32 Å². The quantitative estimate of drug-likeness (QED) is 0.838. The standard InChI is InChI=1S/C14H22N4O/c1-11-6-4-7-12-16-13(17-18(11)12)15-10-14(2,3)8-5-9-19/h4,6-7,19H,5,8-10H2,1-3H3,(H,15,17). The van der Waals surface area contributed by atoms with Crippen LogP contribution in [0.2, 0.25) is 0 Å². The third-order valence-corrected chi connectivity index (χ3v) is 3.29. The Bertz CT molecular complexity index is 547. The van der Waals surface area contributed by atoms with Crippen LogP contribution in [0.1, 0.15) is 32.4 Å². The fourth-order valence-electron chi connectivity index (χ4n) is 2.07. The molecular weight excluding hydrogens is 240 g/mol. The lowest BCUT2D eigenvalue weighted by molar-refractivity contribution is 0.247. The summed E-state index contributed by atoms with van der Waals surface area (Å²) in [7, 11) is 0. The van der Waals surface area contributed by atoms with Crippen LogP contribution in [0.3, 0.4) is 0 Å². The minimum absolute atomic E-state index is 0.120. The summed E-state index contributed by atoms with van der Waals surface area (Å²) >= 11 is 0. The Morgan fingerprint density at radius 2 is 2.16 bits per heavy atom. The van der Waals surface area contributed by atoms with Gasteiger partial charge in [0.25, 0.3) is 0 Å². The molecule has 5 heteroatoms. The first kappa shape index (κ1) is 13.8. The van der Waals surface area contributed by atoms with Crippen molar-refractivity contribution in [1.82, 2.24) is 14.6 Å². The molecule has 19 heavy (non-hydrogen) atoms. The van der Waals surface area contributed by atoms with Gasteiger partial charge in [-0.15, -0.1) is 5.10 Å². The van der Waals surface area contributed by atoms with E-state index in [1.807, 2.05) is 29.6 Å². The average Bonchev–Trinajstić information content (AvgIpc) is 2.79. The van der Waals surface area contributed by atoms with E-state index < -0.39 is 0 Å². The van der Waals surface area contributed by atoms with Gasteiger partial charge < -0.3 is 10.4 Å². The number of rotatable bonds is 6. The van der Waals surface area contributed by atoms with Crippen molar-refractivity contribution < 1.29 is 5.11 Å². The number of pyridine rings is 1. The molecule has 2 N–H and O–H groups in total. The van der Waals surface area contributed by atoms with Gasteiger partial charge in [0.2, 0.25) is 5.95 Å². The third kappa shape index (κ3) is 3.44. The van der Waals surface area contributed by atoms with E-state index in [9.17, 15) is 0 Å². The fraction of sp³-hybridized carbons (Fsp3) is 0.571. The van der Waals surface area contributed by atoms with Crippen LogP contribution in [-0.4, -0.2) is 32.9 Å². The lowest BCUT2D eigenvalue weighted by Crippen LogP contribution is -2.23. The van der Waals surface area contributed by atoms with Crippen molar-refractivity contribution in [2.24, 2.45) is 5.41 Å². The van der Waals surface area contributed by atoms with E-state index in [0.717, 1.165) is 30.7 Å². The molecule has 0 amide bonds. The smallest absolute Gasteiger partial charge is 0.243 e. The van der Waals surface area contributed by atoms with Gasteiger partial charge in [0.1, 0.15) is 0 Å². The van der Waals surface area contributed by atoms with Gasteiger partial charge in [-0.25, -0.2) is 4.52 Å². The summed E-state index contributed by atoms with van der Waals surface area (Å²) in [5.41, 5.74) is 2.04. The average molecular weight is 262 g/mol. The van der Waals surface area contributed by atoms with Crippen molar-refractivity contribution in [2.75, 3.05) is 18.5 Å². The van der Waals surface area contributed by atoms with E-state index in [-0.39, 0.29) is 12.0 Å². The normalized spacial score (nSPS) is 12.0. The van der Waals surface area contributed by atoms with Gasteiger partial charge in [-0.2, -0.15) is 4.98 Å². The Kier molecular flexibility index (Phi) is 4.04. The zero-order chi connectivity index (χ0) is 13.9. The molecule has 0 aliphatic carbocycles. The summed E-state index contributed by atoms with van der Waals surface area (Å²) in [5, 5.41) is 16.6. The lowest BCUT2D eigenvalue weighted by atomic mass is 9.88. The van der Waals surface area contributed by atoms with Gasteiger partial charge >= 0.3 is 0 Å². The Balaban J connectivity index is 2.04. The van der Waals surface area contributed by atoms with Gasteiger partial charge in [0.15, 0.2) is 5.65 Å². The van der Waals surface area contributed by atoms with E-state index in [2.05, 4.69) is 29.2 Å². The second-order valence-corrected chi connectivity index (χ2v) is 5.72. The summed E-state index contributed by atoms with van der Waals surface area (Å²) in [6.45, 7) is 7.40. The summed E-state index contributed by atoms with van der Waals surface area (Å²) in [6.07, 6.45) is 1.80. The molecule has 104 valence electrons. The number of fused-ring (bicyclic) bond motifs is 1. The van der Waals surface area contributed by atoms with Crippen LogP contribution in [0.15, 0.2) is 18.2 Å². The van der Waals surface area contributed by atoms with E-state index in [0.29, 0.717) is 5.95 Å². The number of aromatic nitrogens is 3. The lowest BCUT2D eigenvalue weighted by Gasteiger charge is -2.24. The number of aliphatic hydroxyl groups is 1. The van der Waals surface area contributed by atoms with Crippen LogP contribution in [-0.2, 0) is 0 Å². The number of nitrogens with one attached hydrogen (secondary N) is 1. The van der Waals surface area contributed by atoms with Gasteiger partial charge in [-0.3, -0.25) is 0 Å². The number of nitrogens with zero attached hydrogens (tertiary/aromatic N) is 3. The highest BCUT2D eigenvalue weighted by Gasteiger charge is 2.18. The first-order chi connectivity index (χ1) is 9.02. The van der Waals surface area contributed by atoms with Gasteiger partial charge in [-0.05, 0) is 37.3 Å². The fourth-order valence-corrected chi connectivity index (χ4v) is 2.07. The van der Waals surface area contributed by atoms with Crippen molar-refractivity contribution in [1.29, 1.82) is 0 Å². The number of aliphatic hydroxyl groups excluding tert-OH is 1. The molecule has 0 aliphatic heterocycles. The molecule has 0 aromatic carbocycles. The molecule has 0 unspecified atom stereocenters. The maximum atomic E-state index is 8.89. The van der Waals surface area contributed by atoms with Crippen molar-refractivity contribution >= 4 is 11.6 Å². The second kappa shape index (κ2) is 5.57. The van der Waals surface area contributed by atoms with Gasteiger partial charge in [0, 0.05) is 18.8 Å². The first-order valence-corrected chi connectivity index (χ1v) is 6.69. The molecule has 0 fully saturated rings. The number of hydrogen-bond acceptors (Lipinski definition) is 4. The number of aryl methyl sites for hydroxylation is 1. The van der Waals surface area contributed by atoms with Crippen molar-refractivity contribution in [3.05, 3.63) is 23.9 Å². The highest BCUT2D eigenvalue weighted by Crippen LogP contribution is 2.22. The Morgan fingerprint density at radius 3 is 2.84 bits per heavy atom. The Morgan fingerprint density at radius 1 is 1.37 bits per heavy atom. The van der Waals surface area contributed by atoms with Crippen LogP contribution >= 0.6 is 0 Å². The number of hydrogen-bond donors (Lipinski definition) is 2. The van der Waals surface area contributed by atoms with Crippen LogP contribution in [0.4, 0.5) is 5.95 Å². The molecule has 0 atom stereocenters. The molecule has 0 saturated heterocycles. The predicted octanol–water partition coefficient (Wildman–Crippen LogP) is 2.25. The largest absolute Gasteiger partial charge is 0.396 e. The number of anilines is 1. The van der Waals surface area contributed by atoms with Gasteiger partial charge in [-0.1, -0.05) is 19.9 Å². The van der Waals surface area contributed by atoms with E-state index in [1.54, 1.807) is 0 Å². The Hall–Kier alpha value is -1.62. The van der Waals surface area contributed by atoms with Crippen LogP contribution in [0, 0.1) is 12.3 Å². The molecule has 2 aromatic rings. The molecule has 0 saturated carbocycles. The molecule has 2 aromatic heterocycles. The topological polar surface area (TPSA) is 62.5 Å². The SMILES string of the molecule is Cc1cccc2nc(NCC(C)(C)CCCO)nn12. The zero-order valence-corrected chi connectivity index (χ0v) is 11.8. The molecule has 0 spiro atoms. The summed E-state index contributed by atoms with van der Waals surface area (Å²) in [4.78, 5) is 4.45. The van der Waals surface area contributed by atoms with Crippen molar-refractivity contribution in [3.63, 3.8) is 0 Å². The minimum Gasteiger partial charge on any atom is -0.396 e. The highest BCUT2D eigenvalue weighted by molar-refractivity contribution is 5.44. The first-order valence-electron chi connectivity index (χ1n) is 6.69. The van der Waals surface area contributed by atoms with Crippen molar-refractivity contribution in [2.45, 2.75) is 33.6 Å². The molecule has 5 nitrogen and oxygen atoms in total. The van der Waals surface area contributed by atoms with Crippen LogP contribution in [0.25, 0.3) is 5.65 Å². The summed E-state index contributed by atoms with van der Waals surface area (Å²) in [6, 6.07) is 5.94. The molecule has 0 bridgehead atoms. The monoisotopic (exact) mass is 262 g/mol. The van der Waals surface area contributed by atoms with E-state index in [1.165, 1.54) is 0 Å². The second-order valence-electron chi connectivity index (χ2n) is 5.72. The summed E-state index contributed by atoms with van der Waals surface area (Å²) < 4.78 is 1.84. The van der Waals surface area contributed by atoms with E-state index in [4.69, 9.17) is 5.11 Å². The maximum absolute atomic E-state index is 8.89. The molecule has 0 aliphatic rings. The molecule has 2 heterocycles. The Labute approximate surface area is 113 Å². The zero-order valence-electron chi connectivity index (χ0n) is 11.8. The maximum Gasteiger partial charge on any atom is 0.243 e. The van der Waals surface area contributed by atoms with E-state index >= 15 is 0 Å².